The number of halogens is 1. The van der Waals surface area contributed by atoms with Crippen molar-refractivity contribution in [1.29, 1.82) is 0 Å². The molecule has 0 unspecified atom stereocenters. The molecule has 0 saturated carbocycles. The summed E-state index contributed by atoms with van der Waals surface area (Å²) in [7, 11) is 0. The molecule has 0 aliphatic carbocycles. The first-order chi connectivity index (χ1) is 9.72. The van der Waals surface area contributed by atoms with E-state index in [-0.39, 0.29) is 12.5 Å². The molecule has 2 heterocycles. The Morgan fingerprint density at radius 2 is 2.40 bits per heavy atom. The zero-order chi connectivity index (χ0) is 13.9. The van der Waals surface area contributed by atoms with Crippen molar-refractivity contribution < 1.29 is 9.53 Å². The minimum atomic E-state index is -0.134. The van der Waals surface area contributed by atoms with E-state index in [1.165, 1.54) is 0 Å². The van der Waals surface area contributed by atoms with Crippen LogP contribution in [0.25, 0.3) is 6.08 Å². The molecule has 20 heavy (non-hydrogen) atoms. The number of ether oxygens (including phenoxy) is 1. The van der Waals surface area contributed by atoms with Crippen molar-refractivity contribution in [3.05, 3.63) is 52.0 Å². The molecule has 0 spiro atoms. The summed E-state index contributed by atoms with van der Waals surface area (Å²) in [5, 5.41) is 2.83. The zero-order valence-electron chi connectivity index (χ0n) is 10.5. The Morgan fingerprint density at radius 3 is 3.20 bits per heavy atom. The van der Waals surface area contributed by atoms with Gasteiger partial charge in [-0.05, 0) is 24.3 Å². The molecule has 2 N–H and O–H groups in total. The molecule has 1 aliphatic rings. The van der Waals surface area contributed by atoms with E-state index in [0.29, 0.717) is 12.1 Å². The van der Waals surface area contributed by atoms with E-state index >= 15 is 0 Å². The number of rotatable bonds is 3. The van der Waals surface area contributed by atoms with Gasteiger partial charge in [0.2, 0.25) is 0 Å². The van der Waals surface area contributed by atoms with E-state index < -0.39 is 0 Å². The molecule has 0 radical (unpaired) electrons. The van der Waals surface area contributed by atoms with Gasteiger partial charge in [0.05, 0.1) is 24.1 Å². The van der Waals surface area contributed by atoms with Gasteiger partial charge in [-0.25, -0.2) is 4.98 Å². The summed E-state index contributed by atoms with van der Waals surface area (Å²) in [6.45, 7) is 0.699. The summed E-state index contributed by atoms with van der Waals surface area (Å²) in [6.07, 6.45) is 5.11. The second-order valence-electron chi connectivity index (χ2n) is 4.40. The number of aromatic amines is 1. The fraction of sp³-hybridized carbons (Fsp3) is 0.143. The van der Waals surface area contributed by atoms with Crippen LogP contribution in [-0.2, 0) is 11.3 Å². The van der Waals surface area contributed by atoms with Gasteiger partial charge in [0.1, 0.15) is 12.4 Å². The minimum Gasteiger partial charge on any atom is -0.488 e. The fourth-order valence-electron chi connectivity index (χ4n) is 1.95. The standard InChI is InChI=1S/C14H12BrN3O2/c15-11-1-2-13-9(4-11)3-10(7-20-13)14(19)17-6-12-5-16-8-18-12/h1-5,8H,6-7H2,(H,16,18)(H,17,19). The summed E-state index contributed by atoms with van der Waals surface area (Å²) in [4.78, 5) is 18.9. The number of nitrogens with one attached hydrogen (secondary N) is 2. The van der Waals surface area contributed by atoms with Gasteiger partial charge in [0.15, 0.2) is 0 Å². The maximum atomic E-state index is 12.1. The van der Waals surface area contributed by atoms with E-state index in [9.17, 15) is 4.79 Å². The van der Waals surface area contributed by atoms with Crippen molar-refractivity contribution in [2.75, 3.05) is 6.61 Å². The second kappa shape index (κ2) is 5.50. The van der Waals surface area contributed by atoms with Crippen molar-refractivity contribution in [3.8, 4) is 5.75 Å². The highest BCUT2D eigenvalue weighted by atomic mass is 79.9. The molecule has 1 amide bonds. The van der Waals surface area contributed by atoms with Crippen LogP contribution in [0.1, 0.15) is 11.3 Å². The Hall–Kier alpha value is -2.08. The lowest BCUT2D eigenvalue weighted by molar-refractivity contribution is -0.117. The predicted octanol–water partition coefficient (Wildman–Crippen LogP) is 2.26. The molecule has 0 fully saturated rings. The van der Waals surface area contributed by atoms with Crippen molar-refractivity contribution in [2.45, 2.75) is 6.54 Å². The number of carbonyl (C=O) groups is 1. The maximum Gasteiger partial charge on any atom is 0.251 e. The summed E-state index contributed by atoms with van der Waals surface area (Å²) in [5.41, 5.74) is 2.37. The van der Waals surface area contributed by atoms with Gasteiger partial charge >= 0.3 is 0 Å². The van der Waals surface area contributed by atoms with E-state index in [2.05, 4.69) is 31.2 Å². The number of hydrogen-bond donors (Lipinski definition) is 2. The molecule has 0 atom stereocenters. The lowest BCUT2D eigenvalue weighted by Gasteiger charge is -2.17. The molecular weight excluding hydrogens is 322 g/mol. The molecule has 3 rings (SSSR count). The number of hydrogen-bond acceptors (Lipinski definition) is 3. The number of fused-ring (bicyclic) bond motifs is 1. The van der Waals surface area contributed by atoms with Gasteiger partial charge in [-0.2, -0.15) is 0 Å². The average Bonchev–Trinajstić information content (AvgIpc) is 2.97. The molecule has 6 heteroatoms. The molecule has 5 nitrogen and oxygen atoms in total. The first-order valence-corrected chi connectivity index (χ1v) is 6.90. The first kappa shape index (κ1) is 12.9. The number of amides is 1. The van der Waals surface area contributed by atoms with Crippen LogP contribution >= 0.6 is 15.9 Å². The fourth-order valence-corrected chi connectivity index (χ4v) is 2.33. The number of carbonyl (C=O) groups excluding carboxylic acids is 1. The SMILES string of the molecule is O=C(NCc1cnc[nH]1)C1=Cc2cc(Br)ccc2OC1. The van der Waals surface area contributed by atoms with E-state index in [4.69, 9.17) is 4.74 Å². The van der Waals surface area contributed by atoms with Crippen molar-refractivity contribution in [1.82, 2.24) is 15.3 Å². The van der Waals surface area contributed by atoms with E-state index in [0.717, 1.165) is 21.5 Å². The average molecular weight is 334 g/mol. The smallest absolute Gasteiger partial charge is 0.251 e. The van der Waals surface area contributed by atoms with Crippen LogP contribution in [0.4, 0.5) is 0 Å². The summed E-state index contributed by atoms with van der Waals surface area (Å²) in [5.74, 6) is 0.656. The second-order valence-corrected chi connectivity index (χ2v) is 5.32. The molecule has 102 valence electrons. The number of H-pyrrole nitrogens is 1. The van der Waals surface area contributed by atoms with Crippen molar-refractivity contribution in [3.63, 3.8) is 0 Å². The van der Waals surface area contributed by atoms with Crippen molar-refractivity contribution >= 4 is 27.9 Å². The molecule has 1 aromatic heterocycles. The monoisotopic (exact) mass is 333 g/mol. The Balaban J connectivity index is 1.72. The molecule has 2 aromatic rings. The Bertz CT molecular complexity index is 665. The van der Waals surface area contributed by atoms with Crippen molar-refractivity contribution in [2.24, 2.45) is 0 Å². The quantitative estimate of drug-likeness (QED) is 0.905. The normalized spacial score (nSPS) is 13.2. The van der Waals surface area contributed by atoms with Gasteiger partial charge in [0, 0.05) is 16.2 Å². The molecule has 0 saturated heterocycles. The van der Waals surface area contributed by atoms with Crippen LogP contribution in [0.15, 0.2) is 40.8 Å². The third-order valence-electron chi connectivity index (χ3n) is 2.97. The van der Waals surface area contributed by atoms with Gasteiger partial charge in [0.25, 0.3) is 5.91 Å². The van der Waals surface area contributed by atoms with Crippen LogP contribution < -0.4 is 10.1 Å². The van der Waals surface area contributed by atoms with E-state index in [1.54, 1.807) is 12.5 Å². The molecule has 1 aromatic carbocycles. The van der Waals surface area contributed by atoms with Crippen LogP contribution in [0.3, 0.4) is 0 Å². The predicted molar refractivity (Wildman–Crippen MR) is 78.0 cm³/mol. The Labute approximate surface area is 124 Å². The van der Waals surface area contributed by atoms with Gasteiger partial charge in [-0.1, -0.05) is 15.9 Å². The summed E-state index contributed by atoms with van der Waals surface area (Å²) >= 11 is 3.41. The molecular formula is C14H12BrN3O2. The zero-order valence-corrected chi connectivity index (χ0v) is 12.1. The third kappa shape index (κ3) is 2.75. The van der Waals surface area contributed by atoms with E-state index in [1.807, 2.05) is 24.3 Å². The van der Waals surface area contributed by atoms with Crippen LogP contribution in [0.2, 0.25) is 0 Å². The number of aromatic nitrogens is 2. The van der Waals surface area contributed by atoms with Gasteiger partial charge in [-0.3, -0.25) is 4.79 Å². The lowest BCUT2D eigenvalue weighted by Crippen LogP contribution is -2.28. The first-order valence-electron chi connectivity index (χ1n) is 6.11. The third-order valence-corrected chi connectivity index (χ3v) is 3.46. The highest BCUT2D eigenvalue weighted by Crippen LogP contribution is 2.29. The van der Waals surface area contributed by atoms with Gasteiger partial charge in [-0.15, -0.1) is 0 Å². The molecule has 0 bridgehead atoms. The Kier molecular flexibility index (Phi) is 3.56. The number of nitrogens with zero attached hydrogens (tertiary/aromatic N) is 1. The topological polar surface area (TPSA) is 67.0 Å². The number of imidazole rings is 1. The highest BCUT2D eigenvalue weighted by molar-refractivity contribution is 9.10. The number of benzene rings is 1. The van der Waals surface area contributed by atoms with Crippen LogP contribution in [0, 0.1) is 0 Å². The maximum absolute atomic E-state index is 12.1. The Morgan fingerprint density at radius 1 is 1.50 bits per heavy atom. The lowest BCUT2D eigenvalue weighted by atomic mass is 10.1. The summed E-state index contributed by atoms with van der Waals surface area (Å²) < 4.78 is 6.53. The largest absolute Gasteiger partial charge is 0.488 e. The molecule has 1 aliphatic heterocycles. The van der Waals surface area contributed by atoms with Crippen LogP contribution in [0.5, 0.6) is 5.75 Å². The minimum absolute atomic E-state index is 0.134. The summed E-state index contributed by atoms with van der Waals surface area (Å²) in [6, 6.07) is 5.72. The van der Waals surface area contributed by atoms with Gasteiger partial charge < -0.3 is 15.0 Å². The highest BCUT2D eigenvalue weighted by Gasteiger charge is 2.17. The van der Waals surface area contributed by atoms with Crippen LogP contribution in [-0.4, -0.2) is 22.5 Å².